The molecule has 0 radical (unpaired) electrons. The van der Waals surface area contributed by atoms with E-state index in [-0.39, 0.29) is 5.95 Å². The van der Waals surface area contributed by atoms with Crippen molar-refractivity contribution in [2.45, 2.75) is 32.1 Å². The highest BCUT2D eigenvalue weighted by Gasteiger charge is 2.34. The van der Waals surface area contributed by atoms with E-state index in [2.05, 4.69) is 29.9 Å². The van der Waals surface area contributed by atoms with Crippen LogP contribution in [0, 0.1) is 13.8 Å². The quantitative estimate of drug-likeness (QED) is 0.319. The SMILES string of the molecule is COc1cccc(OC)c1-n1c(NS(=O)(=O)[C@H](C)[C@@H](OC)c2cnc(C)cn2)nnc1-c1cncc(C)c1. The standard InChI is InChI=1S/C25H29N7O5S/c1-15-10-18(13-26-11-15)24-29-30-25(32(24)22-20(35-4)8-7-9-21(22)36-5)31-38(33,34)17(3)23(37-6)19-14-27-16(2)12-28-19/h7-14,17,23H,1-6H3,(H,30,31)/t17-,23-/m1/s1. The molecule has 0 amide bonds. The molecule has 1 N–H and O–H groups in total. The van der Waals surface area contributed by atoms with E-state index in [1.54, 1.807) is 43.7 Å². The fraction of sp³-hybridized carbons (Fsp3) is 0.320. The third-order valence-electron chi connectivity index (χ3n) is 5.92. The Kier molecular flexibility index (Phi) is 7.88. The lowest BCUT2D eigenvalue weighted by molar-refractivity contribution is 0.0985. The maximum Gasteiger partial charge on any atom is 0.243 e. The van der Waals surface area contributed by atoms with Crippen LogP contribution in [0.4, 0.5) is 5.95 Å². The Morgan fingerprint density at radius 3 is 2.24 bits per heavy atom. The van der Waals surface area contributed by atoms with E-state index in [4.69, 9.17) is 14.2 Å². The Balaban J connectivity index is 1.84. The number of hydrogen-bond acceptors (Lipinski definition) is 10. The number of nitrogens with zero attached hydrogens (tertiary/aromatic N) is 6. The molecule has 0 aliphatic carbocycles. The number of aromatic nitrogens is 6. The van der Waals surface area contributed by atoms with Crippen LogP contribution in [0.25, 0.3) is 17.1 Å². The van der Waals surface area contributed by atoms with Gasteiger partial charge in [-0.15, -0.1) is 10.2 Å². The summed E-state index contributed by atoms with van der Waals surface area (Å²) in [6, 6.07) is 7.09. The second kappa shape index (κ2) is 11.1. The molecule has 0 saturated carbocycles. The summed E-state index contributed by atoms with van der Waals surface area (Å²) in [7, 11) is 0.343. The second-order valence-corrected chi connectivity index (χ2v) is 10.6. The summed E-state index contributed by atoms with van der Waals surface area (Å²) in [5.74, 6) is 1.11. The minimum absolute atomic E-state index is 0.0685. The van der Waals surface area contributed by atoms with Gasteiger partial charge in [0.25, 0.3) is 0 Å². The van der Waals surface area contributed by atoms with Crippen LogP contribution in [-0.4, -0.2) is 64.7 Å². The summed E-state index contributed by atoms with van der Waals surface area (Å²) in [5, 5.41) is 7.44. The second-order valence-electron chi connectivity index (χ2n) is 8.54. The molecule has 0 aliphatic rings. The Labute approximate surface area is 221 Å². The van der Waals surface area contributed by atoms with E-state index in [0.717, 1.165) is 5.56 Å². The van der Waals surface area contributed by atoms with Crippen LogP contribution in [0.15, 0.2) is 49.1 Å². The van der Waals surface area contributed by atoms with Crippen molar-refractivity contribution in [1.29, 1.82) is 0 Å². The summed E-state index contributed by atoms with van der Waals surface area (Å²) in [5.41, 5.74) is 3.01. The molecule has 0 unspecified atom stereocenters. The Morgan fingerprint density at radius 1 is 0.947 bits per heavy atom. The zero-order valence-corrected chi connectivity index (χ0v) is 22.7. The number of benzene rings is 1. The van der Waals surface area contributed by atoms with Crippen molar-refractivity contribution < 1.29 is 22.6 Å². The molecule has 0 aliphatic heterocycles. The van der Waals surface area contributed by atoms with Crippen molar-refractivity contribution in [3.63, 3.8) is 0 Å². The smallest absolute Gasteiger partial charge is 0.243 e. The minimum Gasteiger partial charge on any atom is -0.494 e. The highest BCUT2D eigenvalue weighted by Crippen LogP contribution is 2.38. The zero-order chi connectivity index (χ0) is 27.4. The number of aryl methyl sites for hydroxylation is 2. The molecule has 1 aromatic carbocycles. The fourth-order valence-corrected chi connectivity index (χ4v) is 5.11. The Hall–Kier alpha value is -4.10. The topological polar surface area (TPSA) is 143 Å². The van der Waals surface area contributed by atoms with Crippen LogP contribution in [0.1, 0.15) is 30.0 Å². The zero-order valence-electron chi connectivity index (χ0n) is 21.9. The van der Waals surface area contributed by atoms with Gasteiger partial charge in [0.15, 0.2) is 5.82 Å². The lowest BCUT2D eigenvalue weighted by Gasteiger charge is -2.23. The molecule has 0 spiro atoms. The molecule has 3 aromatic heterocycles. The lowest BCUT2D eigenvalue weighted by atomic mass is 10.2. The summed E-state index contributed by atoms with van der Waals surface area (Å²) in [6.45, 7) is 5.21. The molecule has 0 saturated heterocycles. The van der Waals surface area contributed by atoms with E-state index >= 15 is 0 Å². The van der Waals surface area contributed by atoms with Gasteiger partial charge >= 0.3 is 0 Å². The highest BCUT2D eigenvalue weighted by atomic mass is 32.2. The van der Waals surface area contributed by atoms with Gasteiger partial charge in [-0.1, -0.05) is 6.07 Å². The van der Waals surface area contributed by atoms with Crippen molar-refractivity contribution in [1.82, 2.24) is 29.7 Å². The van der Waals surface area contributed by atoms with Crippen molar-refractivity contribution >= 4 is 16.0 Å². The molecule has 200 valence electrons. The van der Waals surface area contributed by atoms with Gasteiger partial charge in [0, 0.05) is 31.3 Å². The number of nitrogens with one attached hydrogen (secondary N) is 1. The number of methoxy groups -OCH3 is 3. The third-order valence-corrected chi connectivity index (χ3v) is 7.61. The Bertz CT molecular complexity index is 1500. The maximum absolute atomic E-state index is 13.6. The van der Waals surface area contributed by atoms with Crippen molar-refractivity contribution in [2.24, 2.45) is 0 Å². The molecule has 4 aromatic rings. The minimum atomic E-state index is -4.09. The van der Waals surface area contributed by atoms with E-state index in [0.29, 0.717) is 40.0 Å². The van der Waals surface area contributed by atoms with Gasteiger partial charge in [-0.3, -0.25) is 24.2 Å². The summed E-state index contributed by atoms with van der Waals surface area (Å²) < 4.78 is 48.1. The van der Waals surface area contributed by atoms with E-state index < -0.39 is 21.4 Å². The van der Waals surface area contributed by atoms with Crippen LogP contribution < -0.4 is 14.2 Å². The van der Waals surface area contributed by atoms with Crippen molar-refractivity contribution in [3.05, 3.63) is 66.0 Å². The van der Waals surface area contributed by atoms with Gasteiger partial charge < -0.3 is 14.2 Å². The molecule has 0 bridgehead atoms. The van der Waals surface area contributed by atoms with Crippen LogP contribution in [-0.2, 0) is 14.8 Å². The first-order valence-electron chi connectivity index (χ1n) is 11.6. The van der Waals surface area contributed by atoms with Crippen molar-refractivity contribution in [3.8, 4) is 28.6 Å². The molecule has 38 heavy (non-hydrogen) atoms. The lowest BCUT2D eigenvalue weighted by Crippen LogP contribution is -2.33. The molecule has 12 nitrogen and oxygen atoms in total. The number of sulfonamides is 1. The van der Waals surface area contributed by atoms with Crippen LogP contribution in [0.3, 0.4) is 0 Å². The Morgan fingerprint density at radius 2 is 1.66 bits per heavy atom. The first kappa shape index (κ1) is 26.9. The predicted molar refractivity (Wildman–Crippen MR) is 141 cm³/mol. The van der Waals surface area contributed by atoms with Crippen LogP contribution >= 0.6 is 0 Å². The molecular weight excluding hydrogens is 510 g/mol. The van der Waals surface area contributed by atoms with E-state index in [1.165, 1.54) is 39.0 Å². The van der Waals surface area contributed by atoms with Gasteiger partial charge in [-0.25, -0.2) is 8.42 Å². The average molecular weight is 540 g/mol. The van der Waals surface area contributed by atoms with Crippen LogP contribution in [0.5, 0.6) is 11.5 Å². The number of anilines is 1. The maximum atomic E-state index is 13.6. The summed E-state index contributed by atoms with van der Waals surface area (Å²) in [6.07, 6.45) is 5.49. The molecule has 2 atom stereocenters. The predicted octanol–water partition coefficient (Wildman–Crippen LogP) is 3.27. The monoisotopic (exact) mass is 539 g/mol. The van der Waals surface area contributed by atoms with Gasteiger partial charge in [-0.2, -0.15) is 0 Å². The molecule has 13 heteroatoms. The van der Waals surface area contributed by atoms with E-state index in [1.807, 2.05) is 13.0 Å². The van der Waals surface area contributed by atoms with Gasteiger partial charge in [0.1, 0.15) is 28.5 Å². The van der Waals surface area contributed by atoms with Gasteiger partial charge in [0.2, 0.25) is 16.0 Å². The normalized spacial score (nSPS) is 13.1. The van der Waals surface area contributed by atoms with Gasteiger partial charge in [0.05, 0.1) is 31.8 Å². The average Bonchev–Trinajstić information content (AvgIpc) is 3.31. The largest absolute Gasteiger partial charge is 0.494 e. The third kappa shape index (κ3) is 5.29. The number of hydrogen-bond donors (Lipinski definition) is 1. The first-order chi connectivity index (χ1) is 18.2. The van der Waals surface area contributed by atoms with E-state index in [9.17, 15) is 8.42 Å². The fourth-order valence-electron chi connectivity index (χ4n) is 3.96. The molecule has 3 heterocycles. The molecular formula is C25H29N7O5S. The van der Waals surface area contributed by atoms with Crippen molar-refractivity contribution in [2.75, 3.05) is 26.1 Å². The number of pyridine rings is 1. The summed E-state index contributed by atoms with van der Waals surface area (Å²) in [4.78, 5) is 12.8. The molecule has 0 fully saturated rings. The highest BCUT2D eigenvalue weighted by molar-refractivity contribution is 7.93. The molecule has 4 rings (SSSR count). The summed E-state index contributed by atoms with van der Waals surface area (Å²) >= 11 is 0. The number of rotatable bonds is 10. The van der Waals surface area contributed by atoms with Gasteiger partial charge in [-0.05, 0) is 44.5 Å². The first-order valence-corrected chi connectivity index (χ1v) is 13.2. The number of para-hydroxylation sites is 1. The number of ether oxygens (including phenoxy) is 3. The van der Waals surface area contributed by atoms with Crippen LogP contribution in [0.2, 0.25) is 0 Å².